The summed E-state index contributed by atoms with van der Waals surface area (Å²) in [6, 6.07) is 10.6. The number of fused-ring (bicyclic) bond motifs is 5. The molecule has 0 unspecified atom stereocenters. The minimum Gasteiger partial charge on any atom is -0.507 e. The zero-order chi connectivity index (χ0) is 17.5. The standard InChI is InChI=1S/C22H23NO2/c1-12-10-15-14-6-4-5-7-18(14)23-20(15)19(21(12)25)16-11-13(24)8-9-17(16)22(23,2)3/h4-7,10,16-17,25H,8-9,11H2,1-3H3/t16-,17+/m0/s1. The summed E-state index contributed by atoms with van der Waals surface area (Å²) < 4.78 is 2.43. The second-order valence-electron chi connectivity index (χ2n) is 8.35. The first-order chi connectivity index (χ1) is 11.9. The average Bonchev–Trinajstić information content (AvgIpc) is 2.90. The fourth-order valence-electron chi connectivity index (χ4n) is 5.56. The van der Waals surface area contributed by atoms with E-state index in [0.29, 0.717) is 30.3 Å². The number of nitrogens with zero attached hydrogens (tertiary/aromatic N) is 1. The molecule has 25 heavy (non-hydrogen) atoms. The first-order valence-electron chi connectivity index (χ1n) is 9.19. The van der Waals surface area contributed by atoms with Crippen LogP contribution >= 0.6 is 0 Å². The van der Waals surface area contributed by atoms with Crippen LogP contribution in [0.15, 0.2) is 30.3 Å². The normalized spacial score (nSPS) is 24.7. The number of phenols is 1. The van der Waals surface area contributed by atoms with Gasteiger partial charge in [0.05, 0.1) is 5.52 Å². The molecule has 128 valence electrons. The second-order valence-corrected chi connectivity index (χ2v) is 8.35. The van der Waals surface area contributed by atoms with E-state index in [1.165, 1.54) is 16.3 Å². The van der Waals surface area contributed by atoms with Gasteiger partial charge in [-0.15, -0.1) is 0 Å². The molecule has 2 heterocycles. The number of aromatic nitrogens is 1. The Bertz CT molecular complexity index is 1060. The molecule has 2 atom stereocenters. The molecule has 3 nitrogen and oxygen atoms in total. The number of para-hydroxylation sites is 1. The molecule has 1 aliphatic carbocycles. The van der Waals surface area contributed by atoms with Crippen molar-refractivity contribution in [2.24, 2.45) is 5.92 Å². The average molecular weight is 333 g/mol. The predicted molar refractivity (Wildman–Crippen MR) is 100 cm³/mol. The first-order valence-corrected chi connectivity index (χ1v) is 9.19. The predicted octanol–water partition coefficient (Wildman–Crippen LogP) is 5.01. The van der Waals surface area contributed by atoms with Crippen molar-refractivity contribution in [3.63, 3.8) is 0 Å². The number of phenolic OH excluding ortho intramolecular Hbond substituents is 1. The third-order valence-electron chi connectivity index (χ3n) is 6.68. The number of carbonyl (C=O) groups excluding carboxylic acids is 1. The maximum Gasteiger partial charge on any atom is 0.133 e. The van der Waals surface area contributed by atoms with E-state index in [2.05, 4.69) is 48.7 Å². The molecule has 3 heteroatoms. The van der Waals surface area contributed by atoms with Crippen molar-refractivity contribution in [1.82, 2.24) is 4.57 Å². The molecule has 3 aromatic rings. The Kier molecular flexibility index (Phi) is 2.80. The fourth-order valence-corrected chi connectivity index (χ4v) is 5.56. The second kappa shape index (κ2) is 4.66. The largest absolute Gasteiger partial charge is 0.507 e. The minimum absolute atomic E-state index is 0.0819. The van der Waals surface area contributed by atoms with Crippen molar-refractivity contribution in [2.45, 2.75) is 51.5 Å². The van der Waals surface area contributed by atoms with E-state index in [9.17, 15) is 9.90 Å². The highest BCUT2D eigenvalue weighted by Gasteiger charge is 2.47. The van der Waals surface area contributed by atoms with E-state index >= 15 is 0 Å². The van der Waals surface area contributed by atoms with Gasteiger partial charge in [0.1, 0.15) is 11.5 Å². The van der Waals surface area contributed by atoms with E-state index in [0.717, 1.165) is 23.1 Å². The highest BCUT2D eigenvalue weighted by atomic mass is 16.3. The molecule has 1 saturated carbocycles. The summed E-state index contributed by atoms with van der Waals surface area (Å²) in [4.78, 5) is 12.2. The Morgan fingerprint density at radius 1 is 1.20 bits per heavy atom. The van der Waals surface area contributed by atoms with Gasteiger partial charge in [-0.1, -0.05) is 18.2 Å². The highest BCUT2D eigenvalue weighted by molar-refractivity contribution is 6.11. The minimum atomic E-state index is -0.0819. The monoisotopic (exact) mass is 333 g/mol. The van der Waals surface area contributed by atoms with Gasteiger partial charge in [-0.05, 0) is 50.8 Å². The van der Waals surface area contributed by atoms with Crippen molar-refractivity contribution in [3.8, 4) is 5.75 Å². The van der Waals surface area contributed by atoms with Crippen molar-refractivity contribution >= 4 is 27.6 Å². The van der Waals surface area contributed by atoms with Crippen LogP contribution < -0.4 is 0 Å². The SMILES string of the molecule is Cc1cc2c3ccccc3n3c2c(c1O)[C@H]1CC(=O)CC[C@H]1C3(C)C. The lowest BCUT2D eigenvalue weighted by Gasteiger charge is -2.48. The topological polar surface area (TPSA) is 42.2 Å². The lowest BCUT2D eigenvalue weighted by molar-refractivity contribution is -0.122. The van der Waals surface area contributed by atoms with Crippen molar-refractivity contribution < 1.29 is 9.90 Å². The van der Waals surface area contributed by atoms with Crippen LogP contribution in [-0.2, 0) is 10.3 Å². The summed E-state index contributed by atoms with van der Waals surface area (Å²) >= 11 is 0. The van der Waals surface area contributed by atoms with Gasteiger partial charge in [-0.25, -0.2) is 0 Å². The van der Waals surface area contributed by atoms with Gasteiger partial charge in [0.15, 0.2) is 0 Å². The molecule has 1 fully saturated rings. The van der Waals surface area contributed by atoms with Crippen LogP contribution in [0.3, 0.4) is 0 Å². The van der Waals surface area contributed by atoms with Gasteiger partial charge in [0.25, 0.3) is 0 Å². The summed E-state index contributed by atoms with van der Waals surface area (Å²) in [6.45, 7) is 6.56. The van der Waals surface area contributed by atoms with E-state index in [-0.39, 0.29) is 11.5 Å². The third kappa shape index (κ3) is 1.74. The van der Waals surface area contributed by atoms with Gasteiger partial charge < -0.3 is 9.67 Å². The van der Waals surface area contributed by atoms with Gasteiger partial charge in [0.2, 0.25) is 0 Å². The molecular formula is C22H23NO2. The quantitative estimate of drug-likeness (QED) is 0.628. The van der Waals surface area contributed by atoms with Gasteiger partial charge >= 0.3 is 0 Å². The van der Waals surface area contributed by atoms with Crippen LogP contribution in [0.1, 0.15) is 50.2 Å². The Morgan fingerprint density at radius 2 is 1.96 bits per heavy atom. The zero-order valence-corrected chi connectivity index (χ0v) is 15.0. The number of carbonyl (C=O) groups is 1. The van der Waals surface area contributed by atoms with Crippen molar-refractivity contribution in [1.29, 1.82) is 0 Å². The molecule has 0 amide bonds. The van der Waals surface area contributed by atoms with Crippen LogP contribution in [0.4, 0.5) is 0 Å². The van der Waals surface area contributed by atoms with Crippen LogP contribution in [0.25, 0.3) is 21.8 Å². The molecule has 1 aliphatic heterocycles. The Labute approximate surface area is 147 Å². The van der Waals surface area contributed by atoms with E-state index in [4.69, 9.17) is 0 Å². The Morgan fingerprint density at radius 3 is 2.76 bits per heavy atom. The fraction of sp³-hybridized carbons (Fsp3) is 0.409. The van der Waals surface area contributed by atoms with Gasteiger partial charge in [-0.3, -0.25) is 4.79 Å². The molecule has 5 rings (SSSR count). The number of ketones is 1. The van der Waals surface area contributed by atoms with E-state index in [1.54, 1.807) is 0 Å². The molecular weight excluding hydrogens is 310 g/mol. The van der Waals surface area contributed by atoms with E-state index in [1.807, 2.05) is 6.92 Å². The van der Waals surface area contributed by atoms with Crippen molar-refractivity contribution in [2.75, 3.05) is 0 Å². The van der Waals surface area contributed by atoms with Crippen LogP contribution in [0.2, 0.25) is 0 Å². The summed E-state index contributed by atoms with van der Waals surface area (Å²) in [5.41, 5.74) is 4.18. The first kappa shape index (κ1) is 15.0. The molecule has 1 N–H and O–H groups in total. The molecule has 0 bridgehead atoms. The number of aryl methyl sites for hydroxylation is 1. The third-order valence-corrected chi connectivity index (χ3v) is 6.68. The zero-order valence-electron chi connectivity index (χ0n) is 15.0. The van der Waals surface area contributed by atoms with Crippen LogP contribution in [0, 0.1) is 12.8 Å². The maximum absolute atomic E-state index is 12.2. The molecule has 1 aromatic heterocycles. The Hall–Kier alpha value is -2.29. The van der Waals surface area contributed by atoms with E-state index < -0.39 is 0 Å². The van der Waals surface area contributed by atoms with Crippen molar-refractivity contribution in [3.05, 3.63) is 41.5 Å². The summed E-state index contributed by atoms with van der Waals surface area (Å²) in [7, 11) is 0. The summed E-state index contributed by atoms with van der Waals surface area (Å²) in [6.07, 6.45) is 2.12. The highest BCUT2D eigenvalue weighted by Crippen LogP contribution is 2.56. The number of Topliss-reactive ketones (excluding diaryl/α,β-unsaturated/α-hetero) is 1. The maximum atomic E-state index is 12.2. The summed E-state index contributed by atoms with van der Waals surface area (Å²) in [5.74, 6) is 1.20. The number of benzene rings is 2. The van der Waals surface area contributed by atoms with Gasteiger partial charge in [-0.2, -0.15) is 0 Å². The lowest BCUT2D eigenvalue weighted by atomic mass is 9.64. The summed E-state index contributed by atoms with van der Waals surface area (Å²) in [5, 5.41) is 13.4. The molecule has 0 radical (unpaired) electrons. The molecule has 2 aliphatic rings. The van der Waals surface area contributed by atoms with Crippen LogP contribution in [-0.4, -0.2) is 15.5 Å². The van der Waals surface area contributed by atoms with Gasteiger partial charge in [0, 0.05) is 46.2 Å². The molecule has 0 spiro atoms. The number of hydrogen-bond donors (Lipinski definition) is 1. The molecule has 0 saturated heterocycles. The number of rotatable bonds is 0. The lowest BCUT2D eigenvalue weighted by Crippen LogP contribution is -2.44. The van der Waals surface area contributed by atoms with Crippen LogP contribution in [0.5, 0.6) is 5.75 Å². The smallest absolute Gasteiger partial charge is 0.133 e. The Balaban J connectivity index is 2.02. The molecule has 2 aromatic carbocycles. The number of aromatic hydroxyl groups is 1. The number of hydrogen-bond acceptors (Lipinski definition) is 2.